The van der Waals surface area contributed by atoms with Crippen LogP contribution in [0.2, 0.25) is 0 Å². The summed E-state index contributed by atoms with van der Waals surface area (Å²) in [5, 5.41) is 12.5. The van der Waals surface area contributed by atoms with Gasteiger partial charge in [0.25, 0.3) is 0 Å². The second-order valence-corrected chi connectivity index (χ2v) is 5.30. The Hall–Kier alpha value is -3.35. The van der Waals surface area contributed by atoms with Gasteiger partial charge < -0.3 is 15.2 Å². The SMILES string of the molecule is Cn1cc(/C=C/C(=O)NCC(=O)Nc2cn[nH]c2)c2ccccc21. The Morgan fingerprint density at radius 2 is 2.17 bits per heavy atom. The lowest BCUT2D eigenvalue weighted by Gasteiger charge is -2.02. The van der Waals surface area contributed by atoms with Gasteiger partial charge in [0.15, 0.2) is 0 Å². The van der Waals surface area contributed by atoms with Crippen molar-refractivity contribution in [2.24, 2.45) is 7.05 Å². The Balaban J connectivity index is 1.58. The predicted octanol–water partition coefficient (Wildman–Crippen LogP) is 1.67. The third kappa shape index (κ3) is 3.52. The molecule has 0 fully saturated rings. The molecule has 0 saturated carbocycles. The molecule has 0 spiro atoms. The molecule has 3 aromatic rings. The van der Waals surface area contributed by atoms with E-state index < -0.39 is 0 Å². The first kappa shape index (κ1) is 15.5. The van der Waals surface area contributed by atoms with E-state index in [1.54, 1.807) is 12.3 Å². The van der Waals surface area contributed by atoms with Gasteiger partial charge >= 0.3 is 0 Å². The molecule has 2 amide bonds. The van der Waals surface area contributed by atoms with E-state index >= 15 is 0 Å². The monoisotopic (exact) mass is 323 g/mol. The number of aromatic amines is 1. The summed E-state index contributed by atoms with van der Waals surface area (Å²) in [4.78, 5) is 23.5. The minimum absolute atomic E-state index is 0.107. The van der Waals surface area contributed by atoms with Crippen molar-refractivity contribution < 1.29 is 9.59 Å². The number of benzene rings is 1. The average molecular weight is 323 g/mol. The predicted molar refractivity (Wildman–Crippen MR) is 92.2 cm³/mol. The number of nitrogens with one attached hydrogen (secondary N) is 3. The molecule has 0 unspecified atom stereocenters. The van der Waals surface area contributed by atoms with Crippen LogP contribution in [0.25, 0.3) is 17.0 Å². The van der Waals surface area contributed by atoms with E-state index in [9.17, 15) is 9.59 Å². The van der Waals surface area contributed by atoms with Crippen LogP contribution >= 0.6 is 0 Å². The van der Waals surface area contributed by atoms with E-state index in [4.69, 9.17) is 0 Å². The van der Waals surface area contributed by atoms with E-state index in [2.05, 4.69) is 20.8 Å². The van der Waals surface area contributed by atoms with Gasteiger partial charge in [0.05, 0.1) is 18.4 Å². The Morgan fingerprint density at radius 3 is 2.96 bits per heavy atom. The summed E-state index contributed by atoms with van der Waals surface area (Å²) in [6, 6.07) is 7.96. The molecule has 24 heavy (non-hydrogen) atoms. The summed E-state index contributed by atoms with van der Waals surface area (Å²) >= 11 is 0. The number of carbonyl (C=O) groups excluding carboxylic acids is 2. The van der Waals surface area contributed by atoms with Crippen LogP contribution in [0, 0.1) is 0 Å². The number of hydrogen-bond donors (Lipinski definition) is 3. The highest BCUT2D eigenvalue weighted by Gasteiger charge is 2.06. The van der Waals surface area contributed by atoms with E-state index in [0.717, 1.165) is 16.5 Å². The van der Waals surface area contributed by atoms with Gasteiger partial charge in [0.1, 0.15) is 0 Å². The van der Waals surface area contributed by atoms with Crippen LogP contribution in [0.3, 0.4) is 0 Å². The molecule has 7 nitrogen and oxygen atoms in total. The van der Waals surface area contributed by atoms with Crippen LogP contribution in [0.5, 0.6) is 0 Å². The third-order valence-electron chi connectivity index (χ3n) is 3.55. The smallest absolute Gasteiger partial charge is 0.244 e. The highest BCUT2D eigenvalue weighted by Crippen LogP contribution is 2.21. The molecule has 2 aromatic heterocycles. The van der Waals surface area contributed by atoms with E-state index in [1.807, 2.05) is 42.1 Å². The number of nitrogens with zero attached hydrogens (tertiary/aromatic N) is 2. The van der Waals surface area contributed by atoms with Crippen molar-refractivity contribution in [3.05, 3.63) is 54.5 Å². The molecule has 3 rings (SSSR count). The normalized spacial score (nSPS) is 11.0. The second-order valence-electron chi connectivity index (χ2n) is 5.30. The quantitative estimate of drug-likeness (QED) is 0.624. The molecule has 0 aliphatic carbocycles. The van der Waals surface area contributed by atoms with E-state index in [0.29, 0.717) is 5.69 Å². The summed E-state index contributed by atoms with van der Waals surface area (Å²) in [5.74, 6) is -0.645. The van der Waals surface area contributed by atoms with Gasteiger partial charge in [0, 0.05) is 42.0 Å². The highest BCUT2D eigenvalue weighted by molar-refractivity contribution is 5.99. The first-order valence-electron chi connectivity index (χ1n) is 7.42. The number of para-hydroxylation sites is 1. The summed E-state index contributed by atoms with van der Waals surface area (Å²) < 4.78 is 2.01. The number of H-pyrrole nitrogens is 1. The largest absolute Gasteiger partial charge is 0.350 e. The van der Waals surface area contributed by atoms with Crippen molar-refractivity contribution in [1.29, 1.82) is 0 Å². The lowest BCUT2D eigenvalue weighted by molar-refractivity contribution is -0.121. The van der Waals surface area contributed by atoms with Gasteiger partial charge in [-0.05, 0) is 12.1 Å². The zero-order valence-corrected chi connectivity index (χ0v) is 13.1. The standard InChI is InChI=1S/C17H17N5O2/c1-22-11-12(14-4-2-3-5-15(14)22)6-7-16(23)18-10-17(24)21-13-8-19-20-9-13/h2-9,11H,10H2,1H3,(H,18,23)(H,19,20)(H,21,24)/b7-6+. The Kier molecular flexibility index (Phi) is 4.42. The molecule has 3 N–H and O–H groups in total. The van der Waals surface area contributed by atoms with Crippen molar-refractivity contribution in [1.82, 2.24) is 20.1 Å². The van der Waals surface area contributed by atoms with Crippen LogP contribution in [0.4, 0.5) is 5.69 Å². The number of anilines is 1. The molecule has 0 aliphatic heterocycles. The van der Waals surface area contributed by atoms with Gasteiger partial charge in [-0.1, -0.05) is 18.2 Å². The minimum atomic E-state index is -0.328. The lowest BCUT2D eigenvalue weighted by atomic mass is 10.1. The third-order valence-corrected chi connectivity index (χ3v) is 3.55. The van der Waals surface area contributed by atoms with E-state index in [1.165, 1.54) is 12.3 Å². The summed E-state index contributed by atoms with van der Waals surface area (Å²) in [6.45, 7) is -0.107. The van der Waals surface area contributed by atoms with Crippen LogP contribution in [0.15, 0.2) is 48.9 Å². The number of carbonyl (C=O) groups is 2. The van der Waals surface area contributed by atoms with Crippen molar-refractivity contribution in [2.45, 2.75) is 0 Å². The van der Waals surface area contributed by atoms with Crippen LogP contribution < -0.4 is 10.6 Å². The molecular weight excluding hydrogens is 306 g/mol. The molecule has 122 valence electrons. The maximum absolute atomic E-state index is 11.9. The molecule has 0 saturated heterocycles. The molecule has 0 bridgehead atoms. The Bertz CT molecular complexity index is 893. The fourth-order valence-electron chi connectivity index (χ4n) is 2.42. The van der Waals surface area contributed by atoms with Gasteiger partial charge in [0.2, 0.25) is 11.8 Å². The first-order valence-corrected chi connectivity index (χ1v) is 7.42. The summed E-state index contributed by atoms with van der Waals surface area (Å²) in [6.07, 6.45) is 8.17. The van der Waals surface area contributed by atoms with Gasteiger partial charge in [-0.2, -0.15) is 5.10 Å². The number of fused-ring (bicyclic) bond motifs is 1. The topological polar surface area (TPSA) is 91.8 Å². The summed E-state index contributed by atoms with van der Waals surface area (Å²) in [7, 11) is 1.96. The van der Waals surface area contributed by atoms with Gasteiger partial charge in [-0.25, -0.2) is 0 Å². The van der Waals surface area contributed by atoms with Crippen molar-refractivity contribution in [3.63, 3.8) is 0 Å². The first-order chi connectivity index (χ1) is 11.6. The Morgan fingerprint density at radius 1 is 1.33 bits per heavy atom. The molecule has 0 aliphatic rings. The fraction of sp³-hybridized carbons (Fsp3) is 0.118. The maximum Gasteiger partial charge on any atom is 0.244 e. The number of rotatable bonds is 5. The maximum atomic E-state index is 11.9. The van der Waals surface area contributed by atoms with Crippen LogP contribution in [0.1, 0.15) is 5.56 Å². The number of amides is 2. The minimum Gasteiger partial charge on any atom is -0.350 e. The van der Waals surface area contributed by atoms with E-state index in [-0.39, 0.29) is 18.4 Å². The molecule has 0 radical (unpaired) electrons. The lowest BCUT2D eigenvalue weighted by Crippen LogP contribution is -2.31. The highest BCUT2D eigenvalue weighted by atomic mass is 16.2. The number of hydrogen-bond acceptors (Lipinski definition) is 3. The number of aromatic nitrogens is 3. The van der Waals surface area contributed by atoms with Crippen LogP contribution in [-0.4, -0.2) is 33.1 Å². The molecular formula is C17H17N5O2. The van der Waals surface area contributed by atoms with Gasteiger partial charge in [-0.15, -0.1) is 0 Å². The van der Waals surface area contributed by atoms with Crippen LogP contribution in [-0.2, 0) is 16.6 Å². The zero-order valence-electron chi connectivity index (χ0n) is 13.1. The number of aryl methyl sites for hydroxylation is 1. The van der Waals surface area contributed by atoms with Crippen molar-refractivity contribution >= 4 is 34.5 Å². The van der Waals surface area contributed by atoms with Gasteiger partial charge in [-0.3, -0.25) is 14.7 Å². The zero-order chi connectivity index (χ0) is 16.9. The summed E-state index contributed by atoms with van der Waals surface area (Å²) in [5.41, 5.74) is 2.60. The average Bonchev–Trinajstić information content (AvgIpc) is 3.20. The molecule has 2 heterocycles. The molecule has 1 aromatic carbocycles. The molecule has 7 heteroatoms. The molecule has 0 atom stereocenters. The fourth-order valence-corrected chi connectivity index (χ4v) is 2.42. The van der Waals surface area contributed by atoms with Crippen molar-refractivity contribution in [3.8, 4) is 0 Å². The Labute approximate surface area is 138 Å². The second kappa shape index (κ2) is 6.82. The van der Waals surface area contributed by atoms with Crippen molar-refractivity contribution in [2.75, 3.05) is 11.9 Å².